The molecule has 0 amide bonds. The Labute approximate surface area is 160 Å². The Morgan fingerprint density at radius 1 is 0.875 bits per heavy atom. The topological polar surface area (TPSA) is 24.7 Å². The number of benzene rings is 2. The van der Waals surface area contributed by atoms with Gasteiger partial charge in [0.05, 0.1) is 27.3 Å². The molecule has 1 aliphatic heterocycles. The molecule has 0 bridgehead atoms. The highest BCUT2D eigenvalue weighted by atomic mass is 127. The SMILES string of the molecule is COc1ccccc1N1C=[N+](c2ccccc2OC)CCCC1.[I-]. The molecule has 5 heteroatoms. The summed E-state index contributed by atoms with van der Waals surface area (Å²) in [6.45, 7) is 1.96. The van der Waals surface area contributed by atoms with E-state index in [1.165, 1.54) is 0 Å². The van der Waals surface area contributed by atoms with E-state index < -0.39 is 0 Å². The molecule has 128 valence electrons. The molecular formula is C19H23IN2O2. The van der Waals surface area contributed by atoms with Crippen LogP contribution in [0.5, 0.6) is 11.5 Å². The lowest BCUT2D eigenvalue weighted by atomic mass is 10.2. The number of ether oxygens (including phenoxy) is 2. The molecule has 0 aromatic heterocycles. The van der Waals surface area contributed by atoms with Crippen LogP contribution in [0.3, 0.4) is 0 Å². The number of para-hydroxylation sites is 4. The second kappa shape index (κ2) is 8.92. The summed E-state index contributed by atoms with van der Waals surface area (Å²) in [5.41, 5.74) is 2.19. The van der Waals surface area contributed by atoms with Crippen LogP contribution < -0.4 is 38.4 Å². The van der Waals surface area contributed by atoms with Crippen molar-refractivity contribution in [1.82, 2.24) is 0 Å². The van der Waals surface area contributed by atoms with Gasteiger partial charge in [-0.3, -0.25) is 0 Å². The van der Waals surface area contributed by atoms with Gasteiger partial charge < -0.3 is 33.5 Å². The summed E-state index contributed by atoms with van der Waals surface area (Å²) in [6, 6.07) is 16.3. The average molecular weight is 438 g/mol. The molecule has 1 aliphatic rings. The Kier molecular flexibility index (Phi) is 6.90. The van der Waals surface area contributed by atoms with Gasteiger partial charge in [-0.1, -0.05) is 24.3 Å². The van der Waals surface area contributed by atoms with E-state index in [4.69, 9.17) is 9.47 Å². The molecule has 2 aromatic carbocycles. The minimum atomic E-state index is 0. The first-order valence-corrected chi connectivity index (χ1v) is 7.98. The Balaban J connectivity index is 0.00000208. The maximum absolute atomic E-state index is 5.52. The third kappa shape index (κ3) is 4.01. The third-order valence-electron chi connectivity index (χ3n) is 4.12. The van der Waals surface area contributed by atoms with Gasteiger partial charge in [0.15, 0.2) is 22.9 Å². The van der Waals surface area contributed by atoms with Crippen molar-refractivity contribution >= 4 is 17.7 Å². The van der Waals surface area contributed by atoms with Gasteiger partial charge in [0.2, 0.25) is 6.34 Å². The van der Waals surface area contributed by atoms with Crippen LogP contribution in [0.1, 0.15) is 12.8 Å². The summed E-state index contributed by atoms with van der Waals surface area (Å²) in [4.78, 5) is 2.26. The van der Waals surface area contributed by atoms with Crippen molar-refractivity contribution in [3.63, 3.8) is 0 Å². The Morgan fingerprint density at radius 3 is 2.29 bits per heavy atom. The van der Waals surface area contributed by atoms with Gasteiger partial charge in [-0.2, -0.15) is 0 Å². The quantitative estimate of drug-likeness (QED) is 0.519. The number of nitrogens with zero attached hydrogens (tertiary/aromatic N) is 2. The van der Waals surface area contributed by atoms with Gasteiger partial charge >= 0.3 is 0 Å². The number of anilines is 1. The summed E-state index contributed by atoms with van der Waals surface area (Å²) in [5.74, 6) is 1.79. The lowest BCUT2D eigenvalue weighted by Gasteiger charge is -2.15. The van der Waals surface area contributed by atoms with Gasteiger partial charge in [0.1, 0.15) is 0 Å². The number of hydrogen-bond donors (Lipinski definition) is 0. The van der Waals surface area contributed by atoms with E-state index in [1.807, 2.05) is 36.4 Å². The molecule has 0 spiro atoms. The van der Waals surface area contributed by atoms with Crippen molar-refractivity contribution < 1.29 is 38.0 Å². The molecule has 0 N–H and O–H groups in total. The van der Waals surface area contributed by atoms with Crippen molar-refractivity contribution in [2.75, 3.05) is 32.2 Å². The summed E-state index contributed by atoms with van der Waals surface area (Å²) in [5, 5.41) is 0. The summed E-state index contributed by atoms with van der Waals surface area (Å²) < 4.78 is 13.3. The van der Waals surface area contributed by atoms with E-state index in [0.717, 1.165) is 48.8 Å². The zero-order chi connectivity index (χ0) is 16.1. The maximum Gasteiger partial charge on any atom is 0.244 e. The zero-order valence-corrected chi connectivity index (χ0v) is 16.3. The van der Waals surface area contributed by atoms with Crippen molar-refractivity contribution in [2.24, 2.45) is 0 Å². The molecule has 3 rings (SSSR count). The van der Waals surface area contributed by atoms with Crippen molar-refractivity contribution in [2.45, 2.75) is 12.8 Å². The molecule has 0 fully saturated rings. The Morgan fingerprint density at radius 2 is 1.54 bits per heavy atom. The van der Waals surface area contributed by atoms with Crippen molar-refractivity contribution in [3.8, 4) is 11.5 Å². The van der Waals surface area contributed by atoms with Gasteiger partial charge in [-0.25, -0.2) is 9.48 Å². The molecule has 1 heterocycles. The Hall–Kier alpha value is -1.76. The van der Waals surface area contributed by atoms with E-state index in [1.54, 1.807) is 14.2 Å². The van der Waals surface area contributed by atoms with Crippen LogP contribution in [0.2, 0.25) is 0 Å². The summed E-state index contributed by atoms with van der Waals surface area (Å²) in [6.07, 6.45) is 4.45. The largest absolute Gasteiger partial charge is 1.00 e. The molecule has 2 aromatic rings. The average Bonchev–Trinajstić information content (AvgIpc) is 2.87. The highest BCUT2D eigenvalue weighted by Gasteiger charge is 2.22. The lowest BCUT2D eigenvalue weighted by molar-refractivity contribution is -0.436. The predicted molar refractivity (Wildman–Crippen MR) is 93.4 cm³/mol. The zero-order valence-electron chi connectivity index (χ0n) is 14.1. The second-order valence-electron chi connectivity index (χ2n) is 5.55. The van der Waals surface area contributed by atoms with Gasteiger partial charge in [0, 0.05) is 0 Å². The van der Waals surface area contributed by atoms with Crippen LogP contribution >= 0.6 is 0 Å². The fourth-order valence-corrected chi connectivity index (χ4v) is 2.95. The highest BCUT2D eigenvalue weighted by Crippen LogP contribution is 2.30. The second-order valence-corrected chi connectivity index (χ2v) is 5.55. The number of hydrogen-bond acceptors (Lipinski definition) is 3. The monoisotopic (exact) mass is 438 g/mol. The van der Waals surface area contributed by atoms with Crippen LogP contribution in [-0.4, -0.2) is 38.2 Å². The van der Waals surface area contributed by atoms with Crippen molar-refractivity contribution in [1.29, 1.82) is 0 Å². The Bertz CT molecular complexity index is 703. The van der Waals surface area contributed by atoms with E-state index in [2.05, 4.69) is 27.9 Å². The first-order valence-electron chi connectivity index (χ1n) is 7.98. The molecule has 0 atom stereocenters. The molecule has 0 saturated heterocycles. The van der Waals surface area contributed by atoms with E-state index >= 15 is 0 Å². The van der Waals surface area contributed by atoms with Crippen molar-refractivity contribution in [3.05, 3.63) is 48.5 Å². The predicted octanol–water partition coefficient (Wildman–Crippen LogP) is 0.680. The molecule has 0 aliphatic carbocycles. The lowest BCUT2D eigenvalue weighted by Crippen LogP contribution is -3.00. The first-order chi connectivity index (χ1) is 11.3. The molecular weight excluding hydrogens is 415 g/mol. The third-order valence-corrected chi connectivity index (χ3v) is 4.12. The van der Waals surface area contributed by atoms with Crippen LogP contribution in [0.25, 0.3) is 0 Å². The van der Waals surface area contributed by atoms with Crippen LogP contribution in [0.15, 0.2) is 48.5 Å². The number of rotatable bonds is 4. The summed E-state index contributed by atoms with van der Waals surface area (Å²) in [7, 11) is 3.43. The number of halogens is 1. The fourth-order valence-electron chi connectivity index (χ4n) is 2.95. The molecule has 0 radical (unpaired) electrons. The summed E-state index contributed by atoms with van der Waals surface area (Å²) >= 11 is 0. The standard InChI is InChI=1S/C19H23N2O2.HI/c1-22-18-11-5-3-9-16(18)20-13-7-8-14-21(15-20)17-10-4-6-12-19(17)23-2;/h3-6,9-12,15H,7-8,13-14H2,1-2H3;1H/q+1;/p-1. The van der Waals surface area contributed by atoms with Gasteiger partial charge in [-0.05, 0) is 37.1 Å². The fraction of sp³-hybridized carbons (Fsp3) is 0.316. The molecule has 0 unspecified atom stereocenters. The smallest absolute Gasteiger partial charge is 0.244 e. The van der Waals surface area contributed by atoms with Crippen LogP contribution in [-0.2, 0) is 0 Å². The van der Waals surface area contributed by atoms with Crippen LogP contribution in [0.4, 0.5) is 11.4 Å². The first kappa shape index (κ1) is 18.6. The normalized spacial score (nSPS) is 14.2. The highest BCUT2D eigenvalue weighted by molar-refractivity contribution is 5.80. The van der Waals surface area contributed by atoms with E-state index in [-0.39, 0.29) is 24.0 Å². The minimum Gasteiger partial charge on any atom is -1.00 e. The number of methoxy groups -OCH3 is 2. The minimum absolute atomic E-state index is 0. The molecule has 24 heavy (non-hydrogen) atoms. The van der Waals surface area contributed by atoms with E-state index in [9.17, 15) is 0 Å². The van der Waals surface area contributed by atoms with Gasteiger partial charge in [0.25, 0.3) is 0 Å². The van der Waals surface area contributed by atoms with Gasteiger partial charge in [-0.15, -0.1) is 0 Å². The molecule has 0 saturated carbocycles. The maximum atomic E-state index is 5.52. The molecule has 4 nitrogen and oxygen atoms in total. The van der Waals surface area contributed by atoms with Crippen LogP contribution in [0, 0.1) is 0 Å². The van der Waals surface area contributed by atoms with E-state index in [0.29, 0.717) is 0 Å².